The third-order valence-electron chi connectivity index (χ3n) is 3.92. The topological polar surface area (TPSA) is 33.1 Å². The van der Waals surface area contributed by atoms with E-state index < -0.39 is 0 Å². The van der Waals surface area contributed by atoms with Gasteiger partial charge in [0.05, 0.1) is 17.6 Å². The molecule has 0 fully saturated rings. The number of imidazole rings is 1. The number of rotatable bonds is 9. The zero-order valence-corrected chi connectivity index (χ0v) is 13.6. The van der Waals surface area contributed by atoms with Crippen molar-refractivity contribution in [3.8, 4) is 0 Å². The molecule has 2 aromatic rings. The molecule has 0 spiro atoms. The Morgan fingerprint density at radius 3 is 2.67 bits per heavy atom. The average molecular weight is 288 g/mol. The van der Waals surface area contributed by atoms with E-state index in [1.807, 2.05) is 0 Å². The minimum atomic E-state index is 0.839. The van der Waals surface area contributed by atoms with Gasteiger partial charge in [-0.3, -0.25) is 0 Å². The quantitative estimate of drug-likeness (QED) is 0.720. The molecule has 0 saturated carbocycles. The summed E-state index contributed by atoms with van der Waals surface area (Å²) in [5.41, 5.74) is 2.33. The molecule has 0 bridgehead atoms. The highest BCUT2D eigenvalue weighted by atomic mass is 15.1. The van der Waals surface area contributed by atoms with Gasteiger partial charge in [0, 0.05) is 19.6 Å². The Hall–Kier alpha value is -1.39. The zero-order valence-electron chi connectivity index (χ0n) is 13.6. The first kappa shape index (κ1) is 16.0. The number of nitrogens with one attached hydrogen (secondary N) is 1. The smallest absolute Gasteiger partial charge is 0.123 e. The van der Waals surface area contributed by atoms with Crippen LogP contribution >= 0.6 is 0 Å². The molecule has 0 amide bonds. The van der Waals surface area contributed by atoms with Gasteiger partial charge in [-0.25, -0.2) is 4.98 Å². The van der Waals surface area contributed by atoms with E-state index in [1.54, 1.807) is 0 Å². The number of benzene rings is 1. The van der Waals surface area contributed by atoms with Crippen LogP contribution in [0.25, 0.3) is 11.0 Å². The van der Waals surface area contributed by atoms with Crippen molar-refractivity contribution in [2.75, 3.05) is 26.2 Å². The lowest BCUT2D eigenvalue weighted by molar-refractivity contribution is 0.287. The van der Waals surface area contributed by atoms with Gasteiger partial charge in [0.15, 0.2) is 0 Å². The van der Waals surface area contributed by atoms with Gasteiger partial charge in [0.25, 0.3) is 0 Å². The second-order valence-corrected chi connectivity index (χ2v) is 5.37. The monoisotopic (exact) mass is 288 g/mol. The van der Waals surface area contributed by atoms with Crippen molar-refractivity contribution in [3.63, 3.8) is 0 Å². The number of fused-ring (bicyclic) bond motifs is 1. The van der Waals surface area contributed by atoms with E-state index in [1.165, 1.54) is 18.5 Å². The first-order chi connectivity index (χ1) is 10.3. The summed E-state index contributed by atoms with van der Waals surface area (Å²) in [6.07, 6.45) is 1.22. The summed E-state index contributed by atoms with van der Waals surface area (Å²) in [5.74, 6) is 1.14. The molecule has 1 aromatic heterocycles. The Kier molecular flexibility index (Phi) is 6.21. The van der Waals surface area contributed by atoms with Crippen LogP contribution in [0.3, 0.4) is 0 Å². The molecular weight excluding hydrogens is 260 g/mol. The van der Waals surface area contributed by atoms with Crippen LogP contribution in [-0.4, -0.2) is 40.6 Å². The van der Waals surface area contributed by atoms with Gasteiger partial charge in [-0.2, -0.15) is 0 Å². The Balaban J connectivity index is 1.91. The molecule has 4 heteroatoms. The molecular formula is C17H28N4. The van der Waals surface area contributed by atoms with Crippen LogP contribution < -0.4 is 5.32 Å². The van der Waals surface area contributed by atoms with Crippen molar-refractivity contribution < 1.29 is 0 Å². The highest BCUT2D eigenvalue weighted by molar-refractivity contribution is 5.75. The van der Waals surface area contributed by atoms with Crippen LogP contribution in [0.1, 0.15) is 33.0 Å². The molecule has 0 aliphatic carbocycles. The second-order valence-electron chi connectivity index (χ2n) is 5.37. The van der Waals surface area contributed by atoms with Crippen LogP contribution in [0.15, 0.2) is 24.3 Å². The Bertz CT molecular complexity index is 547. The lowest BCUT2D eigenvalue weighted by atomic mass is 10.3. The summed E-state index contributed by atoms with van der Waals surface area (Å²) in [5, 5.41) is 3.54. The summed E-state index contributed by atoms with van der Waals surface area (Å²) >= 11 is 0. The summed E-state index contributed by atoms with van der Waals surface area (Å²) in [7, 11) is 0. The molecule has 0 radical (unpaired) electrons. The van der Waals surface area contributed by atoms with Gasteiger partial charge in [0.1, 0.15) is 5.82 Å². The summed E-state index contributed by atoms with van der Waals surface area (Å²) in [6, 6.07) is 8.37. The number of nitrogens with zero attached hydrogens (tertiary/aromatic N) is 3. The van der Waals surface area contributed by atoms with Crippen molar-refractivity contribution >= 4 is 11.0 Å². The minimum Gasteiger partial charge on any atom is -0.327 e. The van der Waals surface area contributed by atoms with E-state index in [9.17, 15) is 0 Å². The molecule has 1 N–H and O–H groups in total. The average Bonchev–Trinajstić information content (AvgIpc) is 2.87. The number of likely N-dealkylation sites (N-methyl/N-ethyl adjacent to an activating group) is 1. The van der Waals surface area contributed by atoms with Crippen LogP contribution in [0.5, 0.6) is 0 Å². The minimum absolute atomic E-state index is 0.839. The third-order valence-corrected chi connectivity index (χ3v) is 3.92. The van der Waals surface area contributed by atoms with Gasteiger partial charge in [0.2, 0.25) is 0 Å². The second kappa shape index (κ2) is 8.15. The number of aromatic nitrogens is 2. The highest BCUT2D eigenvalue weighted by Gasteiger charge is 2.08. The van der Waals surface area contributed by atoms with Crippen molar-refractivity contribution in [1.29, 1.82) is 0 Å². The molecule has 0 atom stereocenters. The van der Waals surface area contributed by atoms with E-state index in [0.29, 0.717) is 0 Å². The predicted molar refractivity (Wildman–Crippen MR) is 89.5 cm³/mol. The number of hydrogen-bond donors (Lipinski definition) is 1. The highest BCUT2D eigenvalue weighted by Crippen LogP contribution is 2.15. The molecule has 1 heterocycles. The fourth-order valence-electron chi connectivity index (χ4n) is 2.79. The molecule has 116 valence electrons. The molecule has 0 aliphatic rings. The predicted octanol–water partition coefficient (Wildman–Crippen LogP) is 2.88. The van der Waals surface area contributed by atoms with Gasteiger partial charge >= 0.3 is 0 Å². The largest absolute Gasteiger partial charge is 0.327 e. The van der Waals surface area contributed by atoms with Gasteiger partial charge in [-0.15, -0.1) is 0 Å². The first-order valence-electron chi connectivity index (χ1n) is 8.17. The molecule has 0 unspecified atom stereocenters. The first-order valence-corrected chi connectivity index (χ1v) is 8.17. The van der Waals surface area contributed by atoms with E-state index >= 15 is 0 Å². The van der Waals surface area contributed by atoms with Crippen LogP contribution in [0.2, 0.25) is 0 Å². The summed E-state index contributed by atoms with van der Waals surface area (Å²) < 4.78 is 2.30. The van der Waals surface area contributed by atoms with Crippen LogP contribution in [0, 0.1) is 0 Å². The normalized spacial score (nSPS) is 11.6. The van der Waals surface area contributed by atoms with E-state index in [-0.39, 0.29) is 0 Å². The Morgan fingerprint density at radius 1 is 1.14 bits per heavy atom. The van der Waals surface area contributed by atoms with Crippen LogP contribution in [0.4, 0.5) is 0 Å². The van der Waals surface area contributed by atoms with Gasteiger partial charge in [-0.1, -0.05) is 26.0 Å². The summed E-state index contributed by atoms with van der Waals surface area (Å²) in [4.78, 5) is 7.23. The van der Waals surface area contributed by atoms with E-state index in [4.69, 9.17) is 4.98 Å². The number of para-hydroxylation sites is 2. The van der Waals surface area contributed by atoms with E-state index in [2.05, 4.69) is 59.8 Å². The Morgan fingerprint density at radius 2 is 1.95 bits per heavy atom. The maximum atomic E-state index is 4.74. The molecule has 21 heavy (non-hydrogen) atoms. The maximum absolute atomic E-state index is 4.74. The van der Waals surface area contributed by atoms with E-state index in [0.717, 1.165) is 44.1 Å². The van der Waals surface area contributed by atoms with Crippen molar-refractivity contribution in [3.05, 3.63) is 30.1 Å². The zero-order chi connectivity index (χ0) is 15.1. The van der Waals surface area contributed by atoms with Gasteiger partial charge < -0.3 is 14.8 Å². The van der Waals surface area contributed by atoms with Crippen molar-refractivity contribution in [2.45, 2.75) is 40.3 Å². The third kappa shape index (κ3) is 4.05. The Labute approximate surface area is 128 Å². The fourth-order valence-corrected chi connectivity index (χ4v) is 2.79. The van der Waals surface area contributed by atoms with Crippen molar-refractivity contribution in [1.82, 2.24) is 19.8 Å². The maximum Gasteiger partial charge on any atom is 0.123 e. The van der Waals surface area contributed by atoms with Gasteiger partial charge in [-0.05, 0) is 38.6 Å². The standard InChI is InChI=1S/C17H28N4/c1-4-12-20(5-2)13-11-18-14-17-19-15-9-7-8-10-16(15)21(17)6-3/h7-10,18H,4-6,11-14H2,1-3H3. The number of aryl methyl sites for hydroxylation is 1. The fraction of sp³-hybridized carbons (Fsp3) is 0.588. The van der Waals surface area contributed by atoms with Crippen molar-refractivity contribution in [2.24, 2.45) is 0 Å². The summed E-state index contributed by atoms with van der Waals surface area (Å²) in [6.45, 7) is 12.9. The molecule has 0 saturated heterocycles. The molecule has 0 aliphatic heterocycles. The molecule has 4 nitrogen and oxygen atoms in total. The van der Waals surface area contributed by atoms with Crippen LogP contribution in [-0.2, 0) is 13.1 Å². The molecule has 2 rings (SSSR count). The lowest BCUT2D eigenvalue weighted by Crippen LogP contribution is -2.32. The number of hydrogen-bond acceptors (Lipinski definition) is 3. The molecule has 1 aromatic carbocycles. The lowest BCUT2D eigenvalue weighted by Gasteiger charge is -2.19. The SMILES string of the molecule is CCCN(CC)CCNCc1nc2ccccc2n1CC.